The minimum Gasteiger partial charge on any atom is -0.387 e. The number of aliphatic hydroxyl groups is 1. The fourth-order valence-electron chi connectivity index (χ4n) is 2.08. The first-order valence-electron chi connectivity index (χ1n) is 7.51. The molecule has 6 nitrogen and oxygen atoms in total. The van der Waals surface area contributed by atoms with Crippen molar-refractivity contribution in [2.24, 2.45) is 11.7 Å². The highest BCUT2D eigenvalue weighted by Crippen LogP contribution is 2.15. The molecule has 0 aliphatic carbocycles. The van der Waals surface area contributed by atoms with Crippen molar-refractivity contribution in [3.05, 3.63) is 35.6 Å². The van der Waals surface area contributed by atoms with Crippen LogP contribution in [-0.4, -0.2) is 48.0 Å². The Morgan fingerprint density at radius 1 is 1.26 bits per heavy atom. The maximum absolute atomic E-state index is 12.9. The van der Waals surface area contributed by atoms with E-state index in [1.165, 1.54) is 29.2 Å². The molecule has 0 aromatic heterocycles. The van der Waals surface area contributed by atoms with E-state index in [9.17, 15) is 19.1 Å². The normalized spacial score (nSPS) is 12.1. The molecule has 7 heteroatoms. The SMILES string of the molecule is CC(C)CN(CC(O)c1ccc(F)cc1)C(=O)CNC(=O)CN. The predicted molar refractivity (Wildman–Crippen MR) is 84.8 cm³/mol. The Morgan fingerprint density at radius 2 is 1.87 bits per heavy atom. The van der Waals surface area contributed by atoms with Crippen molar-refractivity contribution in [3.63, 3.8) is 0 Å². The van der Waals surface area contributed by atoms with E-state index >= 15 is 0 Å². The van der Waals surface area contributed by atoms with Crippen molar-refractivity contribution in [1.82, 2.24) is 10.2 Å². The second kappa shape index (κ2) is 9.22. The van der Waals surface area contributed by atoms with Crippen LogP contribution in [0.2, 0.25) is 0 Å². The van der Waals surface area contributed by atoms with Gasteiger partial charge in [-0.1, -0.05) is 26.0 Å². The van der Waals surface area contributed by atoms with E-state index < -0.39 is 12.0 Å². The first kappa shape index (κ1) is 19.1. The molecule has 4 N–H and O–H groups in total. The van der Waals surface area contributed by atoms with Crippen molar-refractivity contribution in [2.45, 2.75) is 20.0 Å². The van der Waals surface area contributed by atoms with Crippen LogP contribution >= 0.6 is 0 Å². The van der Waals surface area contributed by atoms with E-state index in [1.807, 2.05) is 13.8 Å². The molecule has 23 heavy (non-hydrogen) atoms. The number of nitrogens with one attached hydrogen (secondary N) is 1. The minimum atomic E-state index is -0.927. The number of halogens is 1. The zero-order chi connectivity index (χ0) is 17.4. The number of rotatable bonds is 8. The number of aliphatic hydroxyl groups excluding tert-OH is 1. The van der Waals surface area contributed by atoms with E-state index in [-0.39, 0.29) is 37.3 Å². The Morgan fingerprint density at radius 3 is 2.39 bits per heavy atom. The van der Waals surface area contributed by atoms with Crippen LogP contribution in [0.3, 0.4) is 0 Å². The Balaban J connectivity index is 2.71. The number of carbonyl (C=O) groups excluding carboxylic acids is 2. The highest BCUT2D eigenvalue weighted by molar-refractivity contribution is 5.85. The molecule has 1 atom stereocenters. The molecular weight excluding hydrogens is 301 g/mol. The maximum atomic E-state index is 12.9. The van der Waals surface area contributed by atoms with Gasteiger partial charge in [0.1, 0.15) is 5.82 Å². The standard InChI is InChI=1S/C16H24FN3O3/c1-11(2)9-20(16(23)8-19-15(22)7-18)10-14(21)12-3-5-13(17)6-4-12/h3-6,11,14,21H,7-10,18H2,1-2H3,(H,19,22). The highest BCUT2D eigenvalue weighted by atomic mass is 19.1. The van der Waals surface area contributed by atoms with Gasteiger partial charge in [0.15, 0.2) is 0 Å². The van der Waals surface area contributed by atoms with Gasteiger partial charge in [0, 0.05) is 6.54 Å². The summed E-state index contributed by atoms with van der Waals surface area (Å²) in [6.07, 6.45) is -0.927. The third-order valence-corrected chi connectivity index (χ3v) is 3.21. The summed E-state index contributed by atoms with van der Waals surface area (Å²) >= 11 is 0. The molecule has 1 aromatic carbocycles. The summed E-state index contributed by atoms with van der Waals surface area (Å²) in [4.78, 5) is 24.8. The molecule has 0 bridgehead atoms. The van der Waals surface area contributed by atoms with Gasteiger partial charge in [-0.15, -0.1) is 0 Å². The topological polar surface area (TPSA) is 95.7 Å². The monoisotopic (exact) mass is 325 g/mol. The lowest BCUT2D eigenvalue weighted by molar-refractivity contribution is -0.134. The van der Waals surface area contributed by atoms with Crippen molar-refractivity contribution in [2.75, 3.05) is 26.2 Å². The van der Waals surface area contributed by atoms with Crippen LogP contribution in [0.5, 0.6) is 0 Å². The van der Waals surface area contributed by atoms with E-state index in [0.717, 1.165) is 0 Å². The van der Waals surface area contributed by atoms with Crippen LogP contribution in [0.1, 0.15) is 25.5 Å². The van der Waals surface area contributed by atoms with Gasteiger partial charge in [0.25, 0.3) is 0 Å². The van der Waals surface area contributed by atoms with Gasteiger partial charge in [-0.05, 0) is 23.6 Å². The van der Waals surface area contributed by atoms with Crippen LogP contribution in [0, 0.1) is 11.7 Å². The fraction of sp³-hybridized carbons (Fsp3) is 0.500. The third-order valence-electron chi connectivity index (χ3n) is 3.21. The number of nitrogens with zero attached hydrogens (tertiary/aromatic N) is 1. The first-order chi connectivity index (χ1) is 10.8. The fourth-order valence-corrected chi connectivity index (χ4v) is 2.08. The molecule has 128 valence electrons. The summed E-state index contributed by atoms with van der Waals surface area (Å²) in [6, 6.07) is 5.48. The Labute approximate surface area is 135 Å². The lowest BCUT2D eigenvalue weighted by atomic mass is 10.1. The molecule has 0 aliphatic rings. The number of carbonyl (C=O) groups is 2. The molecule has 0 spiro atoms. The zero-order valence-electron chi connectivity index (χ0n) is 13.5. The van der Waals surface area contributed by atoms with Gasteiger partial charge in [0.05, 0.1) is 25.7 Å². The molecule has 0 fully saturated rings. The van der Waals surface area contributed by atoms with Gasteiger partial charge < -0.3 is 21.1 Å². The second-order valence-corrected chi connectivity index (χ2v) is 5.74. The molecule has 2 amide bonds. The quantitative estimate of drug-likeness (QED) is 0.645. The predicted octanol–water partition coefficient (Wildman–Crippen LogP) is 0.419. The number of hydrogen-bond acceptors (Lipinski definition) is 4. The van der Waals surface area contributed by atoms with Crippen LogP contribution < -0.4 is 11.1 Å². The van der Waals surface area contributed by atoms with E-state index in [1.54, 1.807) is 0 Å². The summed E-state index contributed by atoms with van der Waals surface area (Å²) in [5.41, 5.74) is 5.70. The average Bonchev–Trinajstić information content (AvgIpc) is 2.51. The molecule has 1 aromatic rings. The van der Waals surface area contributed by atoms with Crippen LogP contribution in [0.15, 0.2) is 24.3 Å². The first-order valence-corrected chi connectivity index (χ1v) is 7.51. The molecule has 1 rings (SSSR count). The lowest BCUT2D eigenvalue weighted by Crippen LogP contribution is -2.44. The third kappa shape index (κ3) is 6.75. The summed E-state index contributed by atoms with van der Waals surface area (Å²) in [7, 11) is 0. The Hall–Kier alpha value is -1.99. The van der Waals surface area contributed by atoms with E-state index in [2.05, 4.69) is 5.32 Å². The maximum Gasteiger partial charge on any atom is 0.242 e. The summed E-state index contributed by atoms with van der Waals surface area (Å²) in [5.74, 6) is -0.909. The van der Waals surface area contributed by atoms with Gasteiger partial charge in [-0.2, -0.15) is 0 Å². The lowest BCUT2D eigenvalue weighted by Gasteiger charge is -2.27. The molecule has 0 aliphatic heterocycles. The van der Waals surface area contributed by atoms with Gasteiger partial charge in [0.2, 0.25) is 11.8 Å². The molecule has 1 unspecified atom stereocenters. The van der Waals surface area contributed by atoms with Crippen molar-refractivity contribution >= 4 is 11.8 Å². The van der Waals surface area contributed by atoms with E-state index in [4.69, 9.17) is 5.73 Å². The van der Waals surface area contributed by atoms with Crippen LogP contribution in [0.25, 0.3) is 0 Å². The van der Waals surface area contributed by atoms with Crippen LogP contribution in [0.4, 0.5) is 4.39 Å². The van der Waals surface area contributed by atoms with Gasteiger partial charge >= 0.3 is 0 Å². The van der Waals surface area contributed by atoms with Crippen molar-refractivity contribution in [3.8, 4) is 0 Å². The van der Waals surface area contributed by atoms with E-state index in [0.29, 0.717) is 12.1 Å². The summed E-state index contributed by atoms with van der Waals surface area (Å²) in [6.45, 7) is 4.05. The van der Waals surface area contributed by atoms with Crippen LogP contribution in [-0.2, 0) is 9.59 Å². The minimum absolute atomic E-state index is 0.0706. The molecule has 0 saturated carbocycles. The van der Waals surface area contributed by atoms with Crippen molar-refractivity contribution in [1.29, 1.82) is 0 Å². The number of benzene rings is 1. The second-order valence-electron chi connectivity index (χ2n) is 5.74. The van der Waals surface area contributed by atoms with Gasteiger partial charge in [-0.3, -0.25) is 9.59 Å². The number of hydrogen-bond donors (Lipinski definition) is 3. The summed E-state index contributed by atoms with van der Waals surface area (Å²) in [5, 5.41) is 12.7. The average molecular weight is 325 g/mol. The smallest absolute Gasteiger partial charge is 0.242 e. The highest BCUT2D eigenvalue weighted by Gasteiger charge is 2.20. The molecule has 0 radical (unpaired) electrons. The molecule has 0 saturated heterocycles. The summed E-state index contributed by atoms with van der Waals surface area (Å²) < 4.78 is 12.9. The van der Waals surface area contributed by atoms with Crippen molar-refractivity contribution < 1.29 is 19.1 Å². The Kier molecular flexibility index (Phi) is 7.64. The zero-order valence-corrected chi connectivity index (χ0v) is 13.5. The Bertz CT molecular complexity index is 520. The number of nitrogens with two attached hydrogens (primary N) is 1. The largest absolute Gasteiger partial charge is 0.387 e. The molecule has 0 heterocycles. The van der Waals surface area contributed by atoms with Gasteiger partial charge in [-0.25, -0.2) is 4.39 Å². The number of amides is 2. The molecular formula is C16H24FN3O3.